The summed E-state index contributed by atoms with van der Waals surface area (Å²) in [6, 6.07) is 6.15. The number of methoxy groups -OCH3 is 1. The van der Waals surface area contributed by atoms with Crippen LogP contribution in [0.4, 0.5) is 0 Å². The fourth-order valence-electron chi connectivity index (χ4n) is 2.69. The number of carbonyl (C=O) groups excluding carboxylic acids is 1. The highest BCUT2D eigenvalue weighted by molar-refractivity contribution is 5.75. The number of hydrogen-bond acceptors (Lipinski definition) is 3. The average molecular weight is 263 g/mol. The Hall–Kier alpha value is -1.55. The predicted octanol–water partition coefficient (Wildman–Crippen LogP) is 2.21. The predicted molar refractivity (Wildman–Crippen MR) is 72.9 cm³/mol. The fraction of sp³-hybridized carbons (Fsp3) is 0.533. The van der Waals surface area contributed by atoms with Crippen LogP contribution in [-0.4, -0.2) is 32.2 Å². The summed E-state index contributed by atoms with van der Waals surface area (Å²) in [6.45, 7) is 0. The van der Waals surface area contributed by atoms with E-state index in [-0.39, 0.29) is 5.91 Å². The van der Waals surface area contributed by atoms with Crippen molar-refractivity contribution in [2.75, 3.05) is 21.3 Å². The smallest absolute Gasteiger partial charge is 0.246 e. The highest BCUT2D eigenvalue weighted by Crippen LogP contribution is 2.33. The van der Waals surface area contributed by atoms with Crippen molar-refractivity contribution in [1.29, 1.82) is 0 Å². The summed E-state index contributed by atoms with van der Waals surface area (Å²) < 4.78 is 5.39. The molecule has 0 N–H and O–H groups in total. The molecule has 1 atom stereocenters. The van der Waals surface area contributed by atoms with Gasteiger partial charge in [0.15, 0.2) is 0 Å². The number of hydrogen-bond donors (Lipinski definition) is 0. The number of hydroxylamine groups is 2. The topological polar surface area (TPSA) is 38.8 Å². The number of amides is 1. The molecule has 0 aromatic heterocycles. The third-order valence-corrected chi connectivity index (χ3v) is 3.85. The van der Waals surface area contributed by atoms with Crippen LogP contribution in [0.2, 0.25) is 0 Å². The van der Waals surface area contributed by atoms with E-state index >= 15 is 0 Å². The summed E-state index contributed by atoms with van der Waals surface area (Å²) in [5, 5.41) is 1.31. The maximum atomic E-state index is 11.9. The Morgan fingerprint density at radius 2 is 2.21 bits per heavy atom. The zero-order valence-electron chi connectivity index (χ0n) is 11.8. The molecule has 0 radical (unpaired) electrons. The molecule has 2 rings (SSSR count). The summed E-state index contributed by atoms with van der Waals surface area (Å²) in [4.78, 5) is 16.8. The highest BCUT2D eigenvalue weighted by atomic mass is 16.7. The van der Waals surface area contributed by atoms with Crippen LogP contribution in [0.15, 0.2) is 18.2 Å². The molecular formula is C15H21NO3. The van der Waals surface area contributed by atoms with Crippen molar-refractivity contribution in [2.24, 2.45) is 5.92 Å². The number of benzene rings is 1. The molecule has 1 aromatic carbocycles. The van der Waals surface area contributed by atoms with Gasteiger partial charge in [0, 0.05) is 13.5 Å². The van der Waals surface area contributed by atoms with E-state index in [1.54, 1.807) is 14.2 Å². The van der Waals surface area contributed by atoms with Gasteiger partial charge < -0.3 is 4.74 Å². The molecule has 1 amide bonds. The van der Waals surface area contributed by atoms with Gasteiger partial charge in [-0.3, -0.25) is 9.63 Å². The van der Waals surface area contributed by atoms with Crippen LogP contribution in [0.1, 0.15) is 24.0 Å². The summed E-state index contributed by atoms with van der Waals surface area (Å²) in [5.74, 6) is 1.40. The Balaban J connectivity index is 2.04. The van der Waals surface area contributed by atoms with Crippen LogP contribution in [0.5, 0.6) is 5.75 Å². The van der Waals surface area contributed by atoms with Gasteiger partial charge in [-0.1, -0.05) is 12.1 Å². The van der Waals surface area contributed by atoms with Gasteiger partial charge >= 0.3 is 0 Å². The number of rotatable bonds is 4. The van der Waals surface area contributed by atoms with E-state index in [1.807, 2.05) is 12.1 Å². The summed E-state index contributed by atoms with van der Waals surface area (Å²) >= 11 is 0. The van der Waals surface area contributed by atoms with Crippen LogP contribution in [0.3, 0.4) is 0 Å². The molecule has 0 aliphatic heterocycles. The van der Waals surface area contributed by atoms with Crippen molar-refractivity contribution < 1.29 is 14.4 Å². The minimum atomic E-state index is 0.0406. The zero-order chi connectivity index (χ0) is 13.8. The Morgan fingerprint density at radius 1 is 1.42 bits per heavy atom. The summed E-state index contributed by atoms with van der Waals surface area (Å²) in [5.41, 5.74) is 2.61. The van der Waals surface area contributed by atoms with E-state index in [1.165, 1.54) is 23.3 Å². The van der Waals surface area contributed by atoms with Crippen LogP contribution in [0.25, 0.3) is 0 Å². The largest absolute Gasteiger partial charge is 0.496 e. The van der Waals surface area contributed by atoms with Gasteiger partial charge in [0.1, 0.15) is 5.75 Å². The molecule has 0 fully saturated rings. The van der Waals surface area contributed by atoms with Gasteiger partial charge in [-0.25, -0.2) is 5.06 Å². The van der Waals surface area contributed by atoms with Crippen molar-refractivity contribution in [3.63, 3.8) is 0 Å². The van der Waals surface area contributed by atoms with E-state index in [4.69, 9.17) is 9.57 Å². The first-order valence-corrected chi connectivity index (χ1v) is 6.61. The van der Waals surface area contributed by atoms with E-state index in [9.17, 15) is 4.79 Å². The van der Waals surface area contributed by atoms with Crippen molar-refractivity contribution >= 4 is 5.91 Å². The summed E-state index contributed by atoms with van der Waals surface area (Å²) in [6.07, 6.45) is 3.49. The van der Waals surface area contributed by atoms with Crippen LogP contribution >= 0.6 is 0 Å². The van der Waals surface area contributed by atoms with Crippen LogP contribution < -0.4 is 4.74 Å². The fourth-order valence-corrected chi connectivity index (χ4v) is 2.69. The molecule has 0 spiro atoms. The average Bonchev–Trinajstić information content (AvgIpc) is 2.45. The zero-order valence-corrected chi connectivity index (χ0v) is 11.8. The molecule has 0 heterocycles. The Kier molecular flexibility index (Phi) is 4.43. The van der Waals surface area contributed by atoms with E-state index in [0.717, 1.165) is 25.0 Å². The van der Waals surface area contributed by atoms with Crippen LogP contribution in [-0.2, 0) is 22.5 Å². The van der Waals surface area contributed by atoms with Gasteiger partial charge in [-0.2, -0.15) is 0 Å². The Labute approximate surface area is 114 Å². The van der Waals surface area contributed by atoms with Crippen molar-refractivity contribution in [1.82, 2.24) is 5.06 Å². The lowest BCUT2D eigenvalue weighted by molar-refractivity contribution is -0.169. The maximum Gasteiger partial charge on any atom is 0.246 e. The molecular weight excluding hydrogens is 242 g/mol. The second-order valence-electron chi connectivity index (χ2n) is 4.98. The first-order chi connectivity index (χ1) is 9.15. The second-order valence-corrected chi connectivity index (χ2v) is 4.98. The van der Waals surface area contributed by atoms with Crippen molar-refractivity contribution in [3.05, 3.63) is 29.3 Å². The molecule has 104 valence electrons. The molecule has 0 saturated carbocycles. The number of carbonyl (C=O) groups is 1. The lowest BCUT2D eigenvalue weighted by Gasteiger charge is -2.26. The van der Waals surface area contributed by atoms with Gasteiger partial charge in [0.2, 0.25) is 5.91 Å². The maximum absolute atomic E-state index is 11.9. The number of fused-ring (bicyclic) bond motifs is 1. The van der Waals surface area contributed by atoms with E-state index in [0.29, 0.717) is 12.3 Å². The standard InChI is InChI=1S/C15H21NO3/c1-16(19-3)15(17)10-11-7-8-13-12(9-11)5-4-6-14(13)18-2/h4-6,11H,7-10H2,1-3H3. The van der Waals surface area contributed by atoms with Gasteiger partial charge in [0.05, 0.1) is 14.2 Å². The molecule has 4 nitrogen and oxygen atoms in total. The third kappa shape index (κ3) is 3.07. The van der Waals surface area contributed by atoms with Crippen molar-refractivity contribution in [2.45, 2.75) is 25.7 Å². The minimum absolute atomic E-state index is 0.0406. The Morgan fingerprint density at radius 3 is 2.89 bits per heavy atom. The lowest BCUT2D eigenvalue weighted by atomic mass is 9.81. The third-order valence-electron chi connectivity index (χ3n) is 3.85. The van der Waals surface area contributed by atoms with Crippen LogP contribution in [0, 0.1) is 5.92 Å². The number of ether oxygens (including phenoxy) is 1. The molecule has 0 saturated heterocycles. The first-order valence-electron chi connectivity index (χ1n) is 6.61. The lowest BCUT2D eigenvalue weighted by Crippen LogP contribution is -2.29. The monoisotopic (exact) mass is 263 g/mol. The quantitative estimate of drug-likeness (QED) is 0.782. The van der Waals surface area contributed by atoms with Gasteiger partial charge in [-0.15, -0.1) is 0 Å². The first kappa shape index (κ1) is 13.9. The molecule has 1 unspecified atom stereocenters. The summed E-state index contributed by atoms with van der Waals surface area (Å²) in [7, 11) is 4.87. The molecule has 1 aliphatic carbocycles. The van der Waals surface area contributed by atoms with Gasteiger partial charge in [-0.05, 0) is 42.4 Å². The SMILES string of the molecule is COc1cccc2c1CCC(CC(=O)N(C)OC)C2. The normalized spacial score (nSPS) is 17.7. The minimum Gasteiger partial charge on any atom is -0.496 e. The van der Waals surface area contributed by atoms with Gasteiger partial charge in [0.25, 0.3) is 0 Å². The van der Waals surface area contributed by atoms with E-state index in [2.05, 4.69) is 6.07 Å². The molecule has 1 aromatic rings. The molecule has 19 heavy (non-hydrogen) atoms. The Bertz CT molecular complexity index is 459. The second kappa shape index (κ2) is 6.06. The van der Waals surface area contributed by atoms with E-state index < -0.39 is 0 Å². The molecule has 0 bridgehead atoms. The molecule has 1 aliphatic rings. The highest BCUT2D eigenvalue weighted by Gasteiger charge is 2.24. The van der Waals surface area contributed by atoms with Crippen molar-refractivity contribution in [3.8, 4) is 5.75 Å². The number of nitrogens with zero attached hydrogens (tertiary/aromatic N) is 1. The molecule has 4 heteroatoms.